The Balaban J connectivity index is 1.40. The number of hydrogen-bond acceptors (Lipinski definition) is 4. The maximum absolute atomic E-state index is 10.1. The van der Waals surface area contributed by atoms with Crippen LogP contribution in [-0.4, -0.2) is 41.7 Å². The molecule has 1 aliphatic heterocycles. The van der Waals surface area contributed by atoms with E-state index in [-0.39, 0.29) is 0 Å². The van der Waals surface area contributed by atoms with E-state index in [0.29, 0.717) is 12.6 Å². The summed E-state index contributed by atoms with van der Waals surface area (Å²) in [5.41, 5.74) is 0. The van der Waals surface area contributed by atoms with E-state index >= 15 is 0 Å². The number of aliphatic hydroxyl groups is 1. The third-order valence-electron chi connectivity index (χ3n) is 4.12. The number of hydrogen-bond donors (Lipinski definition) is 2. The SMILES string of the molecule is OC(CNC1CCN(C2CC2)CC1)c1ccc(Cl)s1. The highest BCUT2D eigenvalue weighted by molar-refractivity contribution is 7.16. The van der Waals surface area contributed by atoms with E-state index in [1.165, 1.54) is 50.1 Å². The highest BCUT2D eigenvalue weighted by Gasteiger charge is 2.31. The van der Waals surface area contributed by atoms with Gasteiger partial charge in [0.05, 0.1) is 4.34 Å². The quantitative estimate of drug-likeness (QED) is 0.877. The van der Waals surface area contributed by atoms with E-state index in [1.807, 2.05) is 12.1 Å². The van der Waals surface area contributed by atoms with E-state index < -0.39 is 6.10 Å². The van der Waals surface area contributed by atoms with Crippen LogP contribution in [0.15, 0.2) is 12.1 Å². The molecule has 3 rings (SSSR count). The number of nitrogens with zero attached hydrogens (tertiary/aromatic N) is 1. The van der Waals surface area contributed by atoms with Crippen molar-refractivity contribution in [3.8, 4) is 0 Å². The molecular formula is C14H21ClN2OS. The largest absolute Gasteiger partial charge is 0.386 e. The average Bonchev–Trinajstić information content (AvgIpc) is 3.19. The molecule has 2 aliphatic rings. The maximum atomic E-state index is 10.1. The van der Waals surface area contributed by atoms with E-state index in [0.717, 1.165) is 15.3 Å². The fourth-order valence-corrected chi connectivity index (χ4v) is 3.84. The van der Waals surface area contributed by atoms with Crippen LogP contribution in [0.5, 0.6) is 0 Å². The van der Waals surface area contributed by atoms with Crippen molar-refractivity contribution in [2.24, 2.45) is 0 Å². The standard InChI is InChI=1S/C14H21ClN2OS/c15-14-4-3-13(19-14)12(18)9-16-10-5-7-17(8-6-10)11-1-2-11/h3-4,10-12,16,18H,1-2,5-9H2. The highest BCUT2D eigenvalue weighted by Crippen LogP contribution is 2.30. The average molecular weight is 301 g/mol. The van der Waals surface area contributed by atoms with Crippen molar-refractivity contribution in [1.29, 1.82) is 0 Å². The molecule has 1 saturated heterocycles. The summed E-state index contributed by atoms with van der Waals surface area (Å²) in [6.07, 6.45) is 4.77. The number of aliphatic hydroxyl groups excluding tert-OH is 1. The predicted octanol–water partition coefficient (Wildman–Crippen LogP) is 2.65. The highest BCUT2D eigenvalue weighted by atomic mass is 35.5. The topological polar surface area (TPSA) is 35.5 Å². The number of likely N-dealkylation sites (tertiary alicyclic amines) is 1. The molecule has 0 radical (unpaired) electrons. The number of nitrogens with one attached hydrogen (secondary N) is 1. The first-order chi connectivity index (χ1) is 9.22. The minimum Gasteiger partial charge on any atom is -0.386 e. The maximum Gasteiger partial charge on any atom is 0.101 e. The second-order valence-corrected chi connectivity index (χ2v) is 7.35. The van der Waals surface area contributed by atoms with Crippen LogP contribution in [0.4, 0.5) is 0 Å². The van der Waals surface area contributed by atoms with Crippen molar-refractivity contribution in [2.75, 3.05) is 19.6 Å². The molecule has 5 heteroatoms. The van der Waals surface area contributed by atoms with Crippen molar-refractivity contribution in [1.82, 2.24) is 10.2 Å². The van der Waals surface area contributed by atoms with Crippen LogP contribution >= 0.6 is 22.9 Å². The summed E-state index contributed by atoms with van der Waals surface area (Å²) < 4.78 is 0.742. The molecule has 0 bridgehead atoms. The van der Waals surface area contributed by atoms with Crippen LogP contribution in [0, 0.1) is 0 Å². The Morgan fingerprint density at radius 1 is 1.32 bits per heavy atom. The normalized spacial score (nSPS) is 23.7. The number of halogens is 1. The zero-order chi connectivity index (χ0) is 13.2. The Morgan fingerprint density at radius 2 is 2.05 bits per heavy atom. The van der Waals surface area contributed by atoms with Gasteiger partial charge in [-0.25, -0.2) is 0 Å². The molecule has 1 atom stereocenters. The van der Waals surface area contributed by atoms with Crippen molar-refractivity contribution in [2.45, 2.75) is 43.9 Å². The van der Waals surface area contributed by atoms with Gasteiger partial charge in [-0.15, -0.1) is 11.3 Å². The van der Waals surface area contributed by atoms with Gasteiger partial charge in [0.1, 0.15) is 6.10 Å². The Labute approximate surface area is 123 Å². The lowest BCUT2D eigenvalue weighted by atomic mass is 10.0. The molecule has 1 aliphatic carbocycles. The van der Waals surface area contributed by atoms with Crippen LogP contribution < -0.4 is 5.32 Å². The van der Waals surface area contributed by atoms with Crippen LogP contribution in [-0.2, 0) is 0 Å². The molecule has 0 amide bonds. The lowest BCUT2D eigenvalue weighted by Gasteiger charge is -2.32. The minimum absolute atomic E-state index is 0.432. The molecule has 2 N–H and O–H groups in total. The Morgan fingerprint density at radius 3 is 2.63 bits per heavy atom. The van der Waals surface area contributed by atoms with Gasteiger partial charge in [0.15, 0.2) is 0 Å². The summed E-state index contributed by atoms with van der Waals surface area (Å²) in [7, 11) is 0. The molecule has 106 valence electrons. The summed E-state index contributed by atoms with van der Waals surface area (Å²) in [6.45, 7) is 3.05. The van der Waals surface area contributed by atoms with Crippen molar-refractivity contribution < 1.29 is 5.11 Å². The van der Waals surface area contributed by atoms with Crippen molar-refractivity contribution in [3.05, 3.63) is 21.3 Å². The van der Waals surface area contributed by atoms with E-state index in [2.05, 4.69) is 10.2 Å². The molecule has 1 aromatic rings. The first-order valence-corrected chi connectivity index (χ1v) is 8.32. The molecule has 19 heavy (non-hydrogen) atoms. The van der Waals surface area contributed by atoms with Gasteiger partial charge in [-0.3, -0.25) is 0 Å². The molecule has 1 unspecified atom stereocenters. The fraction of sp³-hybridized carbons (Fsp3) is 0.714. The molecule has 0 spiro atoms. The Kier molecular flexibility index (Phi) is 4.44. The van der Waals surface area contributed by atoms with E-state index in [4.69, 9.17) is 11.6 Å². The first-order valence-electron chi connectivity index (χ1n) is 7.13. The van der Waals surface area contributed by atoms with Crippen LogP contribution in [0.3, 0.4) is 0 Å². The van der Waals surface area contributed by atoms with Gasteiger partial charge < -0.3 is 15.3 Å². The van der Waals surface area contributed by atoms with Gasteiger partial charge in [0.2, 0.25) is 0 Å². The molecule has 1 aromatic heterocycles. The number of rotatable bonds is 5. The Hall–Kier alpha value is -0.130. The third kappa shape index (κ3) is 3.70. The fourth-order valence-electron chi connectivity index (χ4n) is 2.79. The second-order valence-electron chi connectivity index (χ2n) is 5.61. The van der Waals surface area contributed by atoms with Crippen molar-refractivity contribution in [3.63, 3.8) is 0 Å². The first kappa shape index (κ1) is 13.8. The van der Waals surface area contributed by atoms with Crippen molar-refractivity contribution >= 4 is 22.9 Å². The van der Waals surface area contributed by atoms with E-state index in [1.54, 1.807) is 0 Å². The molecule has 1 saturated carbocycles. The molecule has 2 heterocycles. The molecule has 3 nitrogen and oxygen atoms in total. The van der Waals surface area contributed by atoms with Crippen LogP contribution in [0.1, 0.15) is 36.7 Å². The monoisotopic (exact) mass is 300 g/mol. The van der Waals surface area contributed by atoms with Gasteiger partial charge in [-0.05, 0) is 50.9 Å². The van der Waals surface area contributed by atoms with E-state index in [9.17, 15) is 5.11 Å². The molecular weight excluding hydrogens is 280 g/mol. The van der Waals surface area contributed by atoms with Gasteiger partial charge >= 0.3 is 0 Å². The zero-order valence-corrected chi connectivity index (χ0v) is 12.6. The van der Waals surface area contributed by atoms with Gasteiger partial charge in [-0.1, -0.05) is 11.6 Å². The summed E-state index contributed by atoms with van der Waals surface area (Å²) in [6, 6.07) is 5.20. The molecule has 0 aromatic carbocycles. The lowest BCUT2D eigenvalue weighted by molar-refractivity contribution is 0.151. The lowest BCUT2D eigenvalue weighted by Crippen LogP contribution is -2.44. The minimum atomic E-state index is -0.432. The summed E-state index contributed by atoms with van der Waals surface area (Å²) in [5.74, 6) is 0. The number of thiophene rings is 1. The van der Waals surface area contributed by atoms with Crippen LogP contribution in [0.2, 0.25) is 4.34 Å². The Bertz CT molecular complexity index is 413. The molecule has 2 fully saturated rings. The van der Waals surface area contributed by atoms with Gasteiger partial charge in [0.25, 0.3) is 0 Å². The predicted molar refractivity (Wildman–Crippen MR) is 79.9 cm³/mol. The van der Waals surface area contributed by atoms with Gasteiger partial charge in [-0.2, -0.15) is 0 Å². The summed E-state index contributed by atoms with van der Waals surface area (Å²) in [5, 5.41) is 13.6. The van der Waals surface area contributed by atoms with Crippen LogP contribution in [0.25, 0.3) is 0 Å². The number of piperidine rings is 1. The van der Waals surface area contributed by atoms with Gasteiger partial charge in [0, 0.05) is 23.5 Å². The smallest absolute Gasteiger partial charge is 0.101 e. The summed E-state index contributed by atoms with van der Waals surface area (Å²) >= 11 is 7.35. The third-order valence-corrected chi connectivity index (χ3v) is 5.45. The zero-order valence-electron chi connectivity index (χ0n) is 11.0. The second kappa shape index (κ2) is 6.10. The summed E-state index contributed by atoms with van der Waals surface area (Å²) in [4.78, 5) is 3.57.